The average Bonchev–Trinajstić information content (AvgIpc) is 2.44. The van der Waals surface area contributed by atoms with Crippen molar-refractivity contribution in [1.29, 1.82) is 0 Å². The molecule has 1 heterocycles. The third kappa shape index (κ3) is 3.45. The standard InChI is InChI=1S/C13H17N3O4/c1-10-13(17)14-5-6-15(10)7-8-20-12-4-2-3-11(9-12)16(18)19/h2-4,9-10H,5-8H2,1H3,(H,14,17). The lowest BCUT2D eigenvalue weighted by Gasteiger charge is -2.32. The van der Waals surface area contributed by atoms with Gasteiger partial charge in [-0.25, -0.2) is 0 Å². The van der Waals surface area contributed by atoms with Gasteiger partial charge in [-0.05, 0) is 13.0 Å². The number of carbonyl (C=O) groups excluding carboxylic acids is 1. The SMILES string of the molecule is CC1C(=O)NCCN1CCOc1cccc([N+](=O)[O-])c1. The van der Waals surface area contributed by atoms with Crippen molar-refractivity contribution in [3.63, 3.8) is 0 Å². The van der Waals surface area contributed by atoms with Crippen molar-refractivity contribution in [2.75, 3.05) is 26.2 Å². The molecule has 7 heteroatoms. The minimum atomic E-state index is -0.454. The normalized spacial score (nSPS) is 19.4. The molecule has 1 aliphatic rings. The molecule has 7 nitrogen and oxygen atoms in total. The molecule has 1 aliphatic heterocycles. The summed E-state index contributed by atoms with van der Waals surface area (Å²) in [5.41, 5.74) is 0.00761. The van der Waals surface area contributed by atoms with Gasteiger partial charge in [0.05, 0.1) is 17.0 Å². The Morgan fingerprint density at radius 3 is 3.10 bits per heavy atom. The number of piperazine rings is 1. The lowest BCUT2D eigenvalue weighted by atomic mass is 10.2. The molecule has 0 bridgehead atoms. The zero-order valence-electron chi connectivity index (χ0n) is 11.2. The van der Waals surface area contributed by atoms with E-state index in [4.69, 9.17) is 4.74 Å². The third-order valence-electron chi connectivity index (χ3n) is 3.30. The van der Waals surface area contributed by atoms with Crippen LogP contribution in [0, 0.1) is 10.1 Å². The van der Waals surface area contributed by atoms with Gasteiger partial charge >= 0.3 is 0 Å². The summed E-state index contributed by atoms with van der Waals surface area (Å²) in [7, 11) is 0. The highest BCUT2D eigenvalue weighted by Gasteiger charge is 2.24. The second kappa shape index (κ2) is 6.33. The molecule has 2 rings (SSSR count). The minimum Gasteiger partial charge on any atom is -0.492 e. The van der Waals surface area contributed by atoms with E-state index in [0.717, 1.165) is 6.54 Å². The number of non-ortho nitro benzene ring substituents is 1. The van der Waals surface area contributed by atoms with Gasteiger partial charge in [-0.3, -0.25) is 19.8 Å². The molecule has 1 unspecified atom stereocenters. The van der Waals surface area contributed by atoms with Crippen LogP contribution >= 0.6 is 0 Å². The summed E-state index contributed by atoms with van der Waals surface area (Å²) in [5.74, 6) is 0.486. The topological polar surface area (TPSA) is 84.7 Å². The Hall–Kier alpha value is -2.15. The van der Waals surface area contributed by atoms with Gasteiger partial charge in [0.15, 0.2) is 0 Å². The van der Waals surface area contributed by atoms with Crippen LogP contribution in [-0.4, -0.2) is 48.0 Å². The molecule has 1 fully saturated rings. The highest BCUT2D eigenvalue weighted by molar-refractivity contribution is 5.81. The fourth-order valence-corrected chi connectivity index (χ4v) is 2.10. The van der Waals surface area contributed by atoms with Crippen LogP contribution in [0.4, 0.5) is 5.69 Å². The van der Waals surface area contributed by atoms with Crippen LogP contribution in [0.25, 0.3) is 0 Å². The molecule has 1 aromatic carbocycles. The number of hydrogen-bond acceptors (Lipinski definition) is 5. The molecule has 0 saturated carbocycles. The number of nitrogens with zero attached hydrogens (tertiary/aromatic N) is 2. The second-order valence-electron chi connectivity index (χ2n) is 4.61. The van der Waals surface area contributed by atoms with Crippen LogP contribution in [-0.2, 0) is 4.79 Å². The molecular weight excluding hydrogens is 262 g/mol. The Balaban J connectivity index is 1.85. The fourth-order valence-electron chi connectivity index (χ4n) is 2.10. The van der Waals surface area contributed by atoms with Gasteiger partial charge in [-0.2, -0.15) is 0 Å². The number of nitro benzene ring substituents is 1. The zero-order valence-corrected chi connectivity index (χ0v) is 11.2. The molecular formula is C13H17N3O4. The molecule has 108 valence electrons. The molecule has 0 aliphatic carbocycles. The van der Waals surface area contributed by atoms with Gasteiger partial charge in [-0.15, -0.1) is 0 Å². The predicted molar refractivity (Wildman–Crippen MR) is 72.6 cm³/mol. The molecule has 1 saturated heterocycles. The van der Waals surface area contributed by atoms with Crippen molar-refractivity contribution in [1.82, 2.24) is 10.2 Å². The first kappa shape index (κ1) is 14.3. The van der Waals surface area contributed by atoms with Gasteiger partial charge in [0.25, 0.3) is 5.69 Å². The highest BCUT2D eigenvalue weighted by atomic mass is 16.6. The van der Waals surface area contributed by atoms with Crippen LogP contribution in [0.1, 0.15) is 6.92 Å². The second-order valence-corrected chi connectivity index (χ2v) is 4.61. The number of ether oxygens (including phenoxy) is 1. The van der Waals surface area contributed by atoms with Gasteiger partial charge in [-0.1, -0.05) is 6.07 Å². The summed E-state index contributed by atoms with van der Waals surface area (Å²) in [4.78, 5) is 23.7. The summed E-state index contributed by atoms with van der Waals surface area (Å²) in [6.45, 7) is 4.27. The molecule has 1 aromatic rings. The molecule has 0 radical (unpaired) electrons. The summed E-state index contributed by atoms with van der Waals surface area (Å²) in [6.07, 6.45) is 0. The number of hydrogen-bond donors (Lipinski definition) is 1. The van der Waals surface area contributed by atoms with E-state index < -0.39 is 4.92 Å². The van der Waals surface area contributed by atoms with E-state index in [1.807, 2.05) is 11.8 Å². The summed E-state index contributed by atoms with van der Waals surface area (Å²) >= 11 is 0. The Kier molecular flexibility index (Phi) is 4.52. The van der Waals surface area contributed by atoms with Gasteiger partial charge < -0.3 is 10.1 Å². The van der Waals surface area contributed by atoms with Crippen molar-refractivity contribution in [3.05, 3.63) is 34.4 Å². The first-order valence-electron chi connectivity index (χ1n) is 6.47. The third-order valence-corrected chi connectivity index (χ3v) is 3.30. The van der Waals surface area contributed by atoms with Crippen molar-refractivity contribution in [2.45, 2.75) is 13.0 Å². The fraction of sp³-hybridized carbons (Fsp3) is 0.462. The number of nitrogens with one attached hydrogen (secondary N) is 1. The minimum absolute atomic E-state index is 0.00761. The van der Waals surface area contributed by atoms with Crippen LogP contribution in [0.3, 0.4) is 0 Å². The first-order valence-corrected chi connectivity index (χ1v) is 6.47. The highest BCUT2D eigenvalue weighted by Crippen LogP contribution is 2.19. The van der Waals surface area contributed by atoms with Crippen molar-refractivity contribution in [2.24, 2.45) is 0 Å². The largest absolute Gasteiger partial charge is 0.492 e. The molecule has 0 aromatic heterocycles. The number of carbonyl (C=O) groups is 1. The van der Waals surface area contributed by atoms with E-state index in [1.54, 1.807) is 12.1 Å². The molecule has 1 amide bonds. The maximum atomic E-state index is 11.5. The predicted octanol–water partition coefficient (Wildman–Crippen LogP) is 0.794. The molecule has 1 N–H and O–H groups in total. The smallest absolute Gasteiger partial charge is 0.273 e. The maximum absolute atomic E-state index is 11.5. The average molecular weight is 279 g/mol. The Labute approximate surface area is 116 Å². The number of benzene rings is 1. The monoisotopic (exact) mass is 279 g/mol. The lowest BCUT2D eigenvalue weighted by molar-refractivity contribution is -0.384. The van der Waals surface area contributed by atoms with E-state index in [1.165, 1.54) is 12.1 Å². The quantitative estimate of drug-likeness (QED) is 0.636. The van der Waals surface area contributed by atoms with Crippen molar-refractivity contribution >= 4 is 11.6 Å². The van der Waals surface area contributed by atoms with Crippen molar-refractivity contribution < 1.29 is 14.5 Å². The van der Waals surface area contributed by atoms with Gasteiger partial charge in [0, 0.05) is 25.7 Å². The lowest BCUT2D eigenvalue weighted by Crippen LogP contribution is -2.54. The number of nitro groups is 1. The van der Waals surface area contributed by atoms with E-state index in [2.05, 4.69) is 5.32 Å². The number of rotatable bonds is 5. The Morgan fingerprint density at radius 2 is 2.35 bits per heavy atom. The zero-order chi connectivity index (χ0) is 14.5. The van der Waals surface area contributed by atoms with Gasteiger partial charge in [0.2, 0.25) is 5.91 Å². The molecule has 20 heavy (non-hydrogen) atoms. The van der Waals surface area contributed by atoms with E-state index in [9.17, 15) is 14.9 Å². The first-order chi connectivity index (χ1) is 9.58. The van der Waals surface area contributed by atoms with Crippen LogP contribution in [0.15, 0.2) is 24.3 Å². The van der Waals surface area contributed by atoms with E-state index >= 15 is 0 Å². The summed E-state index contributed by atoms with van der Waals surface area (Å²) in [6, 6.07) is 5.91. The van der Waals surface area contributed by atoms with Crippen LogP contribution < -0.4 is 10.1 Å². The van der Waals surface area contributed by atoms with E-state index in [0.29, 0.717) is 25.4 Å². The Bertz CT molecular complexity index is 506. The maximum Gasteiger partial charge on any atom is 0.273 e. The summed E-state index contributed by atoms with van der Waals surface area (Å²) in [5, 5.41) is 13.4. The van der Waals surface area contributed by atoms with Crippen molar-refractivity contribution in [3.8, 4) is 5.75 Å². The Morgan fingerprint density at radius 1 is 1.55 bits per heavy atom. The summed E-state index contributed by atoms with van der Waals surface area (Å²) < 4.78 is 5.51. The molecule has 1 atom stereocenters. The van der Waals surface area contributed by atoms with Crippen LogP contribution in [0.5, 0.6) is 5.75 Å². The van der Waals surface area contributed by atoms with Gasteiger partial charge in [0.1, 0.15) is 12.4 Å². The molecule has 0 spiro atoms. The van der Waals surface area contributed by atoms with E-state index in [-0.39, 0.29) is 17.6 Å². The number of amides is 1. The van der Waals surface area contributed by atoms with Crippen LogP contribution in [0.2, 0.25) is 0 Å².